The lowest BCUT2D eigenvalue weighted by Crippen LogP contribution is -2.39. The van der Waals surface area contributed by atoms with E-state index in [1.54, 1.807) is 6.92 Å². The maximum Gasteiger partial charge on any atom is 0.330 e. The molecule has 0 saturated carbocycles. The molecule has 4 unspecified atom stereocenters. The molecule has 9 heteroatoms. The van der Waals surface area contributed by atoms with Crippen molar-refractivity contribution in [3.05, 3.63) is 33.1 Å². The van der Waals surface area contributed by atoms with Crippen LogP contribution in [0.25, 0.3) is 0 Å². The monoisotopic (exact) mass is 361 g/mol. The molecule has 1 saturated heterocycles. The van der Waals surface area contributed by atoms with Crippen molar-refractivity contribution < 1.29 is 14.6 Å². The molecule has 1 aromatic rings. The van der Waals surface area contributed by atoms with E-state index in [0.717, 1.165) is 0 Å². The minimum Gasteiger partial charge on any atom is -0.390 e. The van der Waals surface area contributed by atoms with Crippen LogP contribution in [0, 0.1) is 0 Å². The summed E-state index contributed by atoms with van der Waals surface area (Å²) in [6.45, 7) is 1.83. The Bertz CT molecular complexity index is 626. The zero-order valence-electron chi connectivity index (χ0n) is 11.3. The second-order valence-corrected chi connectivity index (χ2v) is 6.18. The van der Waals surface area contributed by atoms with Crippen LogP contribution in [0.1, 0.15) is 19.6 Å². The largest absolute Gasteiger partial charge is 0.390 e. The average Bonchev–Trinajstić information content (AvgIpc) is 2.76. The van der Waals surface area contributed by atoms with Gasteiger partial charge in [-0.05, 0) is 6.92 Å². The van der Waals surface area contributed by atoms with Gasteiger partial charge in [0.1, 0.15) is 12.3 Å². The first-order valence-electron chi connectivity index (χ1n) is 6.45. The summed E-state index contributed by atoms with van der Waals surface area (Å²) in [5, 5.41) is 12.6. The van der Waals surface area contributed by atoms with Crippen LogP contribution in [-0.4, -0.2) is 44.1 Å². The predicted octanol–water partition coefficient (Wildman–Crippen LogP) is -0.915. The molecule has 1 fully saturated rings. The van der Waals surface area contributed by atoms with Gasteiger partial charge >= 0.3 is 5.69 Å². The SMILES string of the molecule is CC(Br)C(=O)NCC1OC(n2ccc(=O)[nH]c2=O)CC1O. The average molecular weight is 362 g/mol. The van der Waals surface area contributed by atoms with Gasteiger partial charge in [0.25, 0.3) is 5.56 Å². The number of ether oxygens (including phenoxy) is 1. The number of alkyl halides is 1. The number of amides is 1. The number of hydrogen-bond donors (Lipinski definition) is 3. The molecule has 0 bridgehead atoms. The van der Waals surface area contributed by atoms with Crippen molar-refractivity contribution in [1.29, 1.82) is 0 Å². The molecule has 3 N–H and O–H groups in total. The smallest absolute Gasteiger partial charge is 0.330 e. The molecule has 1 amide bonds. The number of aliphatic hydroxyl groups excluding tert-OH is 1. The van der Waals surface area contributed by atoms with Gasteiger partial charge in [0.2, 0.25) is 5.91 Å². The Hall–Kier alpha value is -1.45. The minimum absolute atomic E-state index is 0.143. The zero-order valence-corrected chi connectivity index (χ0v) is 12.9. The summed E-state index contributed by atoms with van der Waals surface area (Å²) >= 11 is 3.13. The van der Waals surface area contributed by atoms with Gasteiger partial charge in [-0.25, -0.2) is 4.79 Å². The van der Waals surface area contributed by atoms with Crippen LogP contribution in [0.4, 0.5) is 0 Å². The van der Waals surface area contributed by atoms with Crippen molar-refractivity contribution in [3.63, 3.8) is 0 Å². The van der Waals surface area contributed by atoms with Crippen molar-refractivity contribution in [1.82, 2.24) is 14.9 Å². The molecule has 116 valence electrons. The third-order valence-electron chi connectivity index (χ3n) is 3.20. The van der Waals surface area contributed by atoms with E-state index < -0.39 is 29.7 Å². The minimum atomic E-state index is -0.806. The Morgan fingerprint density at radius 3 is 3.00 bits per heavy atom. The summed E-state index contributed by atoms with van der Waals surface area (Å²) in [5.74, 6) is -0.213. The Labute approximate surface area is 128 Å². The van der Waals surface area contributed by atoms with Crippen LogP contribution in [0.5, 0.6) is 0 Å². The van der Waals surface area contributed by atoms with Crippen molar-refractivity contribution in [2.45, 2.75) is 36.6 Å². The zero-order chi connectivity index (χ0) is 15.6. The van der Waals surface area contributed by atoms with Crippen molar-refractivity contribution in [2.75, 3.05) is 6.54 Å². The number of aromatic amines is 1. The highest BCUT2D eigenvalue weighted by Gasteiger charge is 2.35. The third kappa shape index (κ3) is 3.80. The van der Waals surface area contributed by atoms with E-state index in [4.69, 9.17) is 4.74 Å². The Balaban J connectivity index is 2.02. The highest BCUT2D eigenvalue weighted by molar-refractivity contribution is 9.10. The topological polar surface area (TPSA) is 113 Å². The van der Waals surface area contributed by atoms with E-state index in [0.29, 0.717) is 0 Å². The van der Waals surface area contributed by atoms with Gasteiger partial charge in [-0.3, -0.25) is 19.1 Å². The van der Waals surface area contributed by atoms with Crippen LogP contribution >= 0.6 is 15.9 Å². The highest BCUT2D eigenvalue weighted by atomic mass is 79.9. The first-order chi connectivity index (χ1) is 9.88. The molecule has 0 aromatic carbocycles. The van der Waals surface area contributed by atoms with E-state index in [2.05, 4.69) is 26.2 Å². The quantitative estimate of drug-likeness (QED) is 0.600. The third-order valence-corrected chi connectivity index (χ3v) is 3.62. The molecule has 0 spiro atoms. The Kier molecular flexibility index (Phi) is 4.96. The number of carbonyl (C=O) groups is 1. The molecule has 0 radical (unpaired) electrons. The fourth-order valence-corrected chi connectivity index (χ4v) is 2.23. The van der Waals surface area contributed by atoms with Crippen LogP contribution in [0.2, 0.25) is 0 Å². The lowest BCUT2D eigenvalue weighted by Gasteiger charge is -2.17. The number of nitrogens with zero attached hydrogens (tertiary/aromatic N) is 1. The molecule has 1 aliphatic heterocycles. The number of hydrogen-bond acceptors (Lipinski definition) is 5. The van der Waals surface area contributed by atoms with Gasteiger partial charge in [-0.2, -0.15) is 0 Å². The van der Waals surface area contributed by atoms with Crippen molar-refractivity contribution in [3.8, 4) is 0 Å². The number of nitrogens with one attached hydrogen (secondary N) is 2. The summed E-state index contributed by atoms with van der Waals surface area (Å²) in [7, 11) is 0. The van der Waals surface area contributed by atoms with Gasteiger partial charge in [0.15, 0.2) is 0 Å². The number of aliphatic hydroxyl groups is 1. The molecule has 1 aromatic heterocycles. The molecule has 2 heterocycles. The molecule has 8 nitrogen and oxygen atoms in total. The lowest BCUT2D eigenvalue weighted by molar-refractivity contribution is -0.121. The van der Waals surface area contributed by atoms with Crippen LogP contribution in [0.15, 0.2) is 21.9 Å². The maximum absolute atomic E-state index is 11.7. The number of halogens is 1. The first-order valence-corrected chi connectivity index (χ1v) is 7.37. The molecular formula is C12H16BrN3O5. The normalized spacial score (nSPS) is 26.5. The van der Waals surface area contributed by atoms with Crippen molar-refractivity contribution in [2.24, 2.45) is 0 Å². The van der Waals surface area contributed by atoms with Crippen LogP contribution in [-0.2, 0) is 9.53 Å². The summed E-state index contributed by atoms with van der Waals surface area (Å²) in [4.78, 5) is 35.9. The fraction of sp³-hybridized carbons (Fsp3) is 0.583. The molecule has 0 aliphatic carbocycles. The summed E-state index contributed by atoms with van der Waals surface area (Å²) < 4.78 is 6.78. The highest BCUT2D eigenvalue weighted by Crippen LogP contribution is 2.27. The fourth-order valence-electron chi connectivity index (χ4n) is 2.07. The number of carbonyl (C=O) groups excluding carboxylic acids is 1. The summed E-state index contributed by atoms with van der Waals surface area (Å²) in [5.41, 5.74) is -1.09. The van der Waals surface area contributed by atoms with Crippen molar-refractivity contribution >= 4 is 21.8 Å². The molecule has 21 heavy (non-hydrogen) atoms. The van der Waals surface area contributed by atoms with Gasteiger partial charge in [-0.15, -0.1) is 0 Å². The number of H-pyrrole nitrogens is 1. The molecule has 2 rings (SSSR count). The second-order valence-electron chi connectivity index (χ2n) is 4.81. The van der Waals surface area contributed by atoms with Crippen LogP contribution in [0.3, 0.4) is 0 Å². The van der Waals surface area contributed by atoms with Crippen LogP contribution < -0.4 is 16.6 Å². The van der Waals surface area contributed by atoms with Gasteiger partial charge in [0.05, 0.1) is 10.9 Å². The van der Waals surface area contributed by atoms with Gasteiger partial charge in [0, 0.05) is 25.2 Å². The Morgan fingerprint density at radius 1 is 1.67 bits per heavy atom. The number of rotatable bonds is 4. The first kappa shape index (κ1) is 15.9. The van der Waals surface area contributed by atoms with E-state index in [-0.39, 0.29) is 23.7 Å². The Morgan fingerprint density at radius 2 is 2.38 bits per heavy atom. The van der Waals surface area contributed by atoms with Gasteiger partial charge in [-0.1, -0.05) is 15.9 Å². The van der Waals surface area contributed by atoms with E-state index in [1.165, 1.54) is 16.8 Å². The van der Waals surface area contributed by atoms with E-state index in [1.807, 2.05) is 0 Å². The summed E-state index contributed by atoms with van der Waals surface area (Å²) in [6.07, 6.45) is -0.562. The maximum atomic E-state index is 11.7. The standard InChI is InChI=1S/C12H16BrN3O5/c1-6(13)11(19)14-5-8-7(17)4-10(21-8)16-3-2-9(18)15-12(16)20/h2-3,6-8,10,17H,4-5H2,1H3,(H,14,19)(H,15,18,20). The lowest BCUT2D eigenvalue weighted by atomic mass is 10.2. The predicted molar refractivity (Wildman–Crippen MR) is 77.3 cm³/mol. The number of aromatic nitrogens is 2. The molecule has 1 aliphatic rings. The van der Waals surface area contributed by atoms with E-state index in [9.17, 15) is 19.5 Å². The van der Waals surface area contributed by atoms with Gasteiger partial charge < -0.3 is 15.2 Å². The molecule has 4 atom stereocenters. The van der Waals surface area contributed by atoms with E-state index >= 15 is 0 Å². The molecular weight excluding hydrogens is 346 g/mol. The second kappa shape index (κ2) is 6.54. The summed E-state index contributed by atoms with van der Waals surface area (Å²) in [6, 6.07) is 1.21.